The van der Waals surface area contributed by atoms with Gasteiger partial charge in [0.15, 0.2) is 0 Å². The zero-order valence-corrected chi connectivity index (χ0v) is 9.41. The number of nitrogens with zero attached hydrogens (tertiary/aromatic N) is 1. The van der Waals surface area contributed by atoms with E-state index in [0.717, 1.165) is 21.1 Å². The van der Waals surface area contributed by atoms with E-state index < -0.39 is 0 Å². The van der Waals surface area contributed by atoms with Gasteiger partial charge in [0.25, 0.3) is 0 Å². The van der Waals surface area contributed by atoms with Crippen LogP contribution in [0.15, 0.2) is 34.9 Å². The van der Waals surface area contributed by atoms with Crippen molar-refractivity contribution >= 4 is 26.8 Å². The molecule has 2 nitrogen and oxygen atoms in total. The van der Waals surface area contributed by atoms with Gasteiger partial charge in [-0.3, -0.25) is 4.98 Å². The first-order valence-electron chi connectivity index (χ1n) is 4.47. The predicted octanol–water partition coefficient (Wildman–Crippen LogP) is 3.40. The average Bonchev–Trinajstić information content (AvgIpc) is 2.17. The molecule has 0 N–H and O–H groups in total. The molecule has 72 valence electrons. The number of fused-ring (bicyclic) bond motifs is 1. The van der Waals surface area contributed by atoms with E-state index in [2.05, 4.69) is 20.9 Å². The Balaban J connectivity index is 2.52. The molecule has 0 aliphatic heterocycles. The van der Waals surface area contributed by atoms with Crippen molar-refractivity contribution in [3.63, 3.8) is 0 Å². The van der Waals surface area contributed by atoms with E-state index in [1.54, 1.807) is 6.20 Å². The number of benzene rings is 1. The third kappa shape index (κ3) is 1.87. The van der Waals surface area contributed by atoms with Crippen LogP contribution >= 0.6 is 15.9 Å². The number of rotatable bonds is 2. The minimum atomic E-state index is 0.687. The zero-order valence-electron chi connectivity index (χ0n) is 7.83. The first kappa shape index (κ1) is 9.46. The smallest absolute Gasteiger partial charge is 0.120 e. The summed E-state index contributed by atoms with van der Waals surface area (Å²) in [7, 11) is 0. The van der Waals surface area contributed by atoms with Crippen molar-refractivity contribution in [2.45, 2.75) is 6.92 Å². The molecular weight excluding hydrogens is 242 g/mol. The van der Waals surface area contributed by atoms with Crippen molar-refractivity contribution in [1.82, 2.24) is 4.98 Å². The molecule has 0 spiro atoms. The van der Waals surface area contributed by atoms with Crippen LogP contribution < -0.4 is 4.74 Å². The molecule has 0 saturated heterocycles. The SMILES string of the molecule is CCOc1ccc2ncc(Br)cc2c1. The topological polar surface area (TPSA) is 22.1 Å². The minimum Gasteiger partial charge on any atom is -0.494 e. The van der Waals surface area contributed by atoms with E-state index in [1.165, 1.54) is 0 Å². The van der Waals surface area contributed by atoms with Crippen LogP contribution in [0.4, 0.5) is 0 Å². The lowest BCUT2D eigenvalue weighted by Gasteiger charge is -2.04. The zero-order chi connectivity index (χ0) is 9.97. The molecule has 0 atom stereocenters. The Morgan fingerprint density at radius 2 is 2.21 bits per heavy atom. The third-order valence-electron chi connectivity index (χ3n) is 1.93. The molecule has 1 heterocycles. The van der Waals surface area contributed by atoms with Gasteiger partial charge in [-0.15, -0.1) is 0 Å². The van der Waals surface area contributed by atoms with Crippen LogP contribution in [0.3, 0.4) is 0 Å². The van der Waals surface area contributed by atoms with E-state index in [-0.39, 0.29) is 0 Å². The average molecular weight is 252 g/mol. The highest BCUT2D eigenvalue weighted by Crippen LogP contribution is 2.22. The third-order valence-corrected chi connectivity index (χ3v) is 2.36. The monoisotopic (exact) mass is 251 g/mol. The van der Waals surface area contributed by atoms with E-state index in [4.69, 9.17) is 4.74 Å². The second-order valence-corrected chi connectivity index (χ2v) is 3.86. The summed E-state index contributed by atoms with van der Waals surface area (Å²) >= 11 is 3.39. The first-order chi connectivity index (χ1) is 6.79. The molecule has 0 aliphatic carbocycles. The maximum Gasteiger partial charge on any atom is 0.120 e. The number of pyridine rings is 1. The Kier molecular flexibility index (Phi) is 2.68. The molecule has 0 radical (unpaired) electrons. The maximum atomic E-state index is 5.41. The minimum absolute atomic E-state index is 0.687. The Labute approximate surface area is 91.0 Å². The molecule has 0 bridgehead atoms. The van der Waals surface area contributed by atoms with Crippen LogP contribution in [0.2, 0.25) is 0 Å². The molecule has 0 fully saturated rings. The van der Waals surface area contributed by atoms with Crippen molar-refractivity contribution in [1.29, 1.82) is 0 Å². The van der Waals surface area contributed by atoms with Crippen molar-refractivity contribution < 1.29 is 4.74 Å². The number of hydrogen-bond donors (Lipinski definition) is 0. The van der Waals surface area contributed by atoms with Gasteiger partial charge < -0.3 is 4.74 Å². The molecule has 0 aliphatic rings. The molecule has 0 unspecified atom stereocenters. The first-order valence-corrected chi connectivity index (χ1v) is 5.27. The summed E-state index contributed by atoms with van der Waals surface area (Å²) in [6, 6.07) is 7.93. The van der Waals surface area contributed by atoms with Gasteiger partial charge in [-0.25, -0.2) is 0 Å². The fourth-order valence-corrected chi connectivity index (χ4v) is 1.69. The van der Waals surface area contributed by atoms with Gasteiger partial charge >= 0.3 is 0 Å². The van der Waals surface area contributed by atoms with E-state index in [0.29, 0.717) is 6.61 Å². The summed E-state index contributed by atoms with van der Waals surface area (Å²) < 4.78 is 6.40. The summed E-state index contributed by atoms with van der Waals surface area (Å²) in [6.07, 6.45) is 1.79. The lowest BCUT2D eigenvalue weighted by Crippen LogP contribution is -1.91. The summed E-state index contributed by atoms with van der Waals surface area (Å²) in [5.41, 5.74) is 0.983. The highest BCUT2D eigenvalue weighted by molar-refractivity contribution is 9.10. The van der Waals surface area contributed by atoms with Gasteiger partial charge in [-0.1, -0.05) is 0 Å². The van der Waals surface area contributed by atoms with Crippen molar-refractivity contribution in [3.05, 3.63) is 34.9 Å². The number of ether oxygens (including phenoxy) is 1. The summed E-state index contributed by atoms with van der Waals surface area (Å²) in [4.78, 5) is 4.28. The van der Waals surface area contributed by atoms with Crippen LogP contribution in [-0.2, 0) is 0 Å². The van der Waals surface area contributed by atoms with Gasteiger partial charge in [-0.05, 0) is 47.1 Å². The van der Waals surface area contributed by atoms with Gasteiger partial charge in [-0.2, -0.15) is 0 Å². The highest BCUT2D eigenvalue weighted by Gasteiger charge is 1.98. The molecule has 0 saturated carbocycles. The molecular formula is C11H10BrNO. The van der Waals surface area contributed by atoms with Crippen LogP contribution in [0.5, 0.6) is 5.75 Å². The molecule has 0 amide bonds. The van der Waals surface area contributed by atoms with Gasteiger partial charge in [0.2, 0.25) is 0 Å². The van der Waals surface area contributed by atoms with Crippen molar-refractivity contribution in [2.24, 2.45) is 0 Å². The fourth-order valence-electron chi connectivity index (χ4n) is 1.34. The Bertz CT molecular complexity index is 456. The normalized spacial score (nSPS) is 10.4. The molecule has 1 aromatic heterocycles. The number of aromatic nitrogens is 1. The Morgan fingerprint density at radius 3 is 3.00 bits per heavy atom. The molecule has 3 heteroatoms. The molecule has 14 heavy (non-hydrogen) atoms. The summed E-state index contributed by atoms with van der Waals surface area (Å²) in [5.74, 6) is 0.889. The predicted molar refractivity (Wildman–Crippen MR) is 60.6 cm³/mol. The van der Waals surface area contributed by atoms with Gasteiger partial charge in [0.1, 0.15) is 5.75 Å². The van der Waals surface area contributed by atoms with Crippen molar-refractivity contribution in [3.8, 4) is 5.75 Å². The lowest BCUT2D eigenvalue weighted by atomic mass is 10.2. The number of hydrogen-bond acceptors (Lipinski definition) is 2. The summed E-state index contributed by atoms with van der Waals surface area (Å²) in [6.45, 7) is 2.66. The second kappa shape index (κ2) is 3.96. The lowest BCUT2D eigenvalue weighted by molar-refractivity contribution is 0.340. The van der Waals surface area contributed by atoms with Crippen LogP contribution in [0.1, 0.15) is 6.92 Å². The molecule has 2 rings (SSSR count). The van der Waals surface area contributed by atoms with E-state index in [1.807, 2.05) is 31.2 Å². The van der Waals surface area contributed by atoms with Crippen molar-refractivity contribution in [2.75, 3.05) is 6.61 Å². The van der Waals surface area contributed by atoms with Crippen LogP contribution in [0.25, 0.3) is 10.9 Å². The highest BCUT2D eigenvalue weighted by atomic mass is 79.9. The maximum absolute atomic E-state index is 5.41. The summed E-state index contributed by atoms with van der Waals surface area (Å²) in [5, 5.41) is 1.09. The standard InChI is InChI=1S/C11H10BrNO/c1-2-14-10-3-4-11-8(6-10)5-9(12)7-13-11/h3-7H,2H2,1H3. The molecule has 2 aromatic rings. The Hall–Kier alpha value is -1.09. The molecule has 1 aromatic carbocycles. The quantitative estimate of drug-likeness (QED) is 0.817. The fraction of sp³-hybridized carbons (Fsp3) is 0.182. The van der Waals surface area contributed by atoms with E-state index >= 15 is 0 Å². The second-order valence-electron chi connectivity index (χ2n) is 2.94. The van der Waals surface area contributed by atoms with Gasteiger partial charge in [0, 0.05) is 16.1 Å². The van der Waals surface area contributed by atoms with Crippen LogP contribution in [-0.4, -0.2) is 11.6 Å². The Morgan fingerprint density at radius 1 is 1.36 bits per heavy atom. The largest absolute Gasteiger partial charge is 0.494 e. The van der Waals surface area contributed by atoms with Gasteiger partial charge in [0.05, 0.1) is 12.1 Å². The van der Waals surface area contributed by atoms with E-state index in [9.17, 15) is 0 Å². The van der Waals surface area contributed by atoms with Crippen LogP contribution in [0, 0.1) is 0 Å². The number of halogens is 1.